The van der Waals surface area contributed by atoms with Crippen LogP contribution in [0.3, 0.4) is 0 Å². The number of carbonyl (C=O) groups excluding carboxylic acids is 1. The van der Waals surface area contributed by atoms with E-state index in [4.69, 9.17) is 4.74 Å². The lowest BCUT2D eigenvalue weighted by atomic mass is 10.1. The van der Waals surface area contributed by atoms with Crippen molar-refractivity contribution in [1.82, 2.24) is 4.98 Å². The number of hydrogen-bond donors (Lipinski definition) is 1. The van der Waals surface area contributed by atoms with Crippen LogP contribution in [-0.4, -0.2) is 35.3 Å². The van der Waals surface area contributed by atoms with E-state index in [1.165, 1.54) is 0 Å². The normalized spacial score (nSPS) is 23.4. The number of aliphatic hydroxyl groups excluding tert-OH is 1. The Hall–Kier alpha value is -1.62. The van der Waals surface area contributed by atoms with E-state index in [1.807, 2.05) is 19.9 Å². The summed E-state index contributed by atoms with van der Waals surface area (Å²) >= 11 is 0. The Bertz CT molecular complexity index is 522. The van der Waals surface area contributed by atoms with E-state index in [0.717, 1.165) is 43.0 Å². The van der Waals surface area contributed by atoms with E-state index in [-0.39, 0.29) is 18.2 Å². The molecule has 0 saturated carbocycles. The summed E-state index contributed by atoms with van der Waals surface area (Å²) in [6.07, 6.45) is 1.07. The van der Waals surface area contributed by atoms with Gasteiger partial charge in [-0.1, -0.05) is 0 Å². The number of aliphatic hydroxyl groups is 1. The molecule has 3 rings (SSSR count). The van der Waals surface area contributed by atoms with Crippen molar-refractivity contribution in [2.45, 2.75) is 38.9 Å². The molecule has 1 unspecified atom stereocenters. The zero-order chi connectivity index (χ0) is 13.6. The molecular formula is C14H18N2O3. The highest BCUT2D eigenvalue weighted by Gasteiger charge is 2.31. The van der Waals surface area contributed by atoms with Crippen molar-refractivity contribution in [3.05, 3.63) is 22.9 Å². The number of piperidine rings is 1. The molecule has 1 saturated heterocycles. The number of nitrogens with zero attached hydrogens (tertiary/aromatic N) is 2. The van der Waals surface area contributed by atoms with Crippen molar-refractivity contribution < 1.29 is 14.6 Å². The van der Waals surface area contributed by atoms with Crippen molar-refractivity contribution >= 4 is 11.8 Å². The van der Waals surface area contributed by atoms with E-state index < -0.39 is 0 Å². The van der Waals surface area contributed by atoms with Gasteiger partial charge in [0, 0.05) is 13.1 Å². The van der Waals surface area contributed by atoms with Gasteiger partial charge in [0.1, 0.15) is 11.9 Å². The van der Waals surface area contributed by atoms with Crippen LogP contribution >= 0.6 is 0 Å². The molecule has 0 spiro atoms. The van der Waals surface area contributed by atoms with Gasteiger partial charge in [0.05, 0.1) is 17.4 Å². The number of aryl methyl sites for hydroxylation is 1. The van der Waals surface area contributed by atoms with Gasteiger partial charge in [-0.15, -0.1) is 0 Å². The Balaban J connectivity index is 1.95. The van der Waals surface area contributed by atoms with E-state index >= 15 is 0 Å². The van der Waals surface area contributed by atoms with Gasteiger partial charge in [-0.25, -0.2) is 9.78 Å². The molecule has 1 aromatic heterocycles. The van der Waals surface area contributed by atoms with Gasteiger partial charge in [-0.2, -0.15) is 0 Å². The second-order valence-electron chi connectivity index (χ2n) is 5.33. The van der Waals surface area contributed by atoms with Crippen molar-refractivity contribution in [2.24, 2.45) is 0 Å². The first kappa shape index (κ1) is 12.4. The zero-order valence-corrected chi connectivity index (χ0v) is 11.2. The van der Waals surface area contributed by atoms with Gasteiger partial charge in [0.25, 0.3) is 0 Å². The third kappa shape index (κ3) is 2.08. The number of hydrogen-bond acceptors (Lipinski definition) is 5. The highest BCUT2D eigenvalue weighted by Crippen LogP contribution is 2.33. The number of fused-ring (bicyclic) bond motifs is 1. The molecule has 3 heterocycles. The fourth-order valence-electron chi connectivity index (χ4n) is 2.77. The lowest BCUT2D eigenvalue weighted by molar-refractivity contribution is 0.0417. The number of rotatable bonds is 1. The molecule has 2 aliphatic heterocycles. The predicted molar refractivity (Wildman–Crippen MR) is 70.3 cm³/mol. The van der Waals surface area contributed by atoms with Crippen LogP contribution in [-0.2, 0) is 4.74 Å². The molecule has 0 bridgehead atoms. The van der Waals surface area contributed by atoms with Crippen LogP contribution < -0.4 is 4.90 Å². The third-order valence-electron chi connectivity index (χ3n) is 3.87. The van der Waals surface area contributed by atoms with Crippen LogP contribution in [0, 0.1) is 6.92 Å². The standard InChI is InChI=1S/C14H18N2O3/c1-8-7-11-12(9(2)19-14(11)18)15-13(8)16-5-3-10(17)4-6-16/h7,9-10,17H,3-6H2,1-2H3. The quantitative estimate of drug-likeness (QED) is 0.779. The SMILES string of the molecule is Cc1cc2c(nc1N1CCC(O)CC1)C(C)OC2=O. The minimum Gasteiger partial charge on any atom is -0.452 e. The molecule has 1 N–H and O–H groups in total. The summed E-state index contributed by atoms with van der Waals surface area (Å²) in [6, 6.07) is 1.87. The molecule has 1 atom stereocenters. The highest BCUT2D eigenvalue weighted by molar-refractivity contribution is 5.94. The van der Waals surface area contributed by atoms with Crippen molar-refractivity contribution in [3.63, 3.8) is 0 Å². The maximum Gasteiger partial charge on any atom is 0.340 e. The van der Waals surface area contributed by atoms with E-state index in [2.05, 4.69) is 9.88 Å². The summed E-state index contributed by atoms with van der Waals surface area (Å²) in [5.41, 5.74) is 2.31. The largest absolute Gasteiger partial charge is 0.452 e. The van der Waals surface area contributed by atoms with Gasteiger partial charge in [0.15, 0.2) is 0 Å². The first-order valence-electron chi connectivity index (χ1n) is 6.72. The zero-order valence-electron chi connectivity index (χ0n) is 11.2. The Kier molecular flexibility index (Phi) is 2.93. The second-order valence-corrected chi connectivity index (χ2v) is 5.33. The number of ether oxygens (including phenoxy) is 1. The lowest BCUT2D eigenvalue weighted by Gasteiger charge is -2.31. The fourth-order valence-corrected chi connectivity index (χ4v) is 2.77. The lowest BCUT2D eigenvalue weighted by Crippen LogP contribution is -2.36. The van der Waals surface area contributed by atoms with Gasteiger partial charge in [-0.05, 0) is 38.3 Å². The molecule has 5 heteroatoms. The number of cyclic esters (lactones) is 1. The Morgan fingerprint density at radius 1 is 1.42 bits per heavy atom. The summed E-state index contributed by atoms with van der Waals surface area (Å²) in [4.78, 5) is 18.5. The van der Waals surface area contributed by atoms with Crippen LogP contribution in [0.5, 0.6) is 0 Å². The van der Waals surface area contributed by atoms with Crippen LogP contribution in [0.4, 0.5) is 5.82 Å². The van der Waals surface area contributed by atoms with Crippen LogP contribution in [0.15, 0.2) is 6.07 Å². The minimum absolute atomic E-state index is 0.199. The molecule has 5 nitrogen and oxygen atoms in total. The molecule has 0 radical (unpaired) electrons. The summed E-state index contributed by atoms with van der Waals surface area (Å²) in [5, 5.41) is 9.56. The van der Waals surface area contributed by atoms with E-state index in [9.17, 15) is 9.90 Å². The van der Waals surface area contributed by atoms with E-state index in [1.54, 1.807) is 0 Å². The summed E-state index contributed by atoms with van der Waals surface area (Å²) in [6.45, 7) is 5.41. The molecule has 102 valence electrons. The van der Waals surface area contributed by atoms with Gasteiger partial charge >= 0.3 is 5.97 Å². The minimum atomic E-state index is -0.279. The molecule has 2 aliphatic rings. The molecule has 0 aliphatic carbocycles. The van der Waals surface area contributed by atoms with Crippen LogP contribution in [0.2, 0.25) is 0 Å². The van der Waals surface area contributed by atoms with Crippen LogP contribution in [0.25, 0.3) is 0 Å². The summed E-state index contributed by atoms with van der Waals surface area (Å²) < 4.78 is 5.19. The van der Waals surface area contributed by atoms with Crippen molar-refractivity contribution in [2.75, 3.05) is 18.0 Å². The first-order chi connectivity index (χ1) is 9.06. The average molecular weight is 262 g/mol. The summed E-state index contributed by atoms with van der Waals surface area (Å²) in [5.74, 6) is 0.634. The molecule has 1 fully saturated rings. The Labute approximate surface area is 112 Å². The van der Waals surface area contributed by atoms with Crippen LogP contribution in [0.1, 0.15) is 47.5 Å². The Morgan fingerprint density at radius 3 is 2.79 bits per heavy atom. The van der Waals surface area contributed by atoms with Gasteiger partial charge < -0.3 is 14.7 Å². The molecular weight excluding hydrogens is 244 g/mol. The number of anilines is 1. The number of pyridine rings is 1. The van der Waals surface area contributed by atoms with Crippen molar-refractivity contribution in [1.29, 1.82) is 0 Å². The number of carbonyl (C=O) groups is 1. The number of esters is 1. The van der Waals surface area contributed by atoms with Crippen molar-refractivity contribution in [3.8, 4) is 0 Å². The molecule has 19 heavy (non-hydrogen) atoms. The number of aromatic nitrogens is 1. The monoisotopic (exact) mass is 262 g/mol. The smallest absolute Gasteiger partial charge is 0.340 e. The maximum atomic E-state index is 11.6. The fraction of sp³-hybridized carbons (Fsp3) is 0.571. The molecule has 0 amide bonds. The Morgan fingerprint density at radius 2 is 2.11 bits per heavy atom. The van der Waals surface area contributed by atoms with E-state index in [0.29, 0.717) is 5.56 Å². The maximum absolute atomic E-state index is 11.6. The van der Waals surface area contributed by atoms with Gasteiger partial charge in [0.2, 0.25) is 0 Å². The molecule has 0 aromatic carbocycles. The topological polar surface area (TPSA) is 62.7 Å². The first-order valence-corrected chi connectivity index (χ1v) is 6.72. The highest BCUT2D eigenvalue weighted by atomic mass is 16.5. The van der Waals surface area contributed by atoms with Gasteiger partial charge in [-0.3, -0.25) is 0 Å². The predicted octanol–water partition coefficient (Wildman–Crippen LogP) is 1.58. The molecule has 1 aromatic rings. The third-order valence-corrected chi connectivity index (χ3v) is 3.87. The second kappa shape index (κ2) is 4.49. The summed E-state index contributed by atoms with van der Waals surface area (Å²) in [7, 11) is 0. The average Bonchev–Trinajstić information content (AvgIpc) is 2.65.